The van der Waals surface area contributed by atoms with Gasteiger partial charge >= 0.3 is 5.63 Å². The van der Waals surface area contributed by atoms with Crippen LogP contribution in [0.15, 0.2) is 33.5 Å². The molecular formula is C18H26O4. The summed E-state index contributed by atoms with van der Waals surface area (Å²) in [6.45, 7) is 2.21. The molecule has 0 aliphatic rings. The molecule has 1 rings (SSSR count). The van der Waals surface area contributed by atoms with Crippen LogP contribution in [0.3, 0.4) is 0 Å². The lowest BCUT2D eigenvalue weighted by Gasteiger charge is -1.99. The van der Waals surface area contributed by atoms with Gasteiger partial charge in [-0.05, 0) is 18.9 Å². The van der Waals surface area contributed by atoms with E-state index in [0.717, 1.165) is 18.9 Å². The summed E-state index contributed by atoms with van der Waals surface area (Å²) in [6, 6.07) is 2.27. The third kappa shape index (κ3) is 8.45. The second-order valence-electron chi connectivity index (χ2n) is 5.56. The van der Waals surface area contributed by atoms with Gasteiger partial charge in [0.1, 0.15) is 11.5 Å². The molecule has 4 nitrogen and oxygen atoms in total. The van der Waals surface area contributed by atoms with E-state index in [1.807, 2.05) is 6.08 Å². The molecular weight excluding hydrogens is 280 g/mol. The molecule has 0 saturated heterocycles. The van der Waals surface area contributed by atoms with Gasteiger partial charge in [-0.15, -0.1) is 0 Å². The van der Waals surface area contributed by atoms with Gasteiger partial charge in [-0.25, -0.2) is 4.79 Å². The molecule has 0 bridgehead atoms. The number of carbonyl (C=O) groups excluding carboxylic acids is 1. The van der Waals surface area contributed by atoms with Gasteiger partial charge in [0, 0.05) is 6.07 Å². The highest BCUT2D eigenvalue weighted by Crippen LogP contribution is 2.10. The van der Waals surface area contributed by atoms with Crippen LogP contribution in [0.5, 0.6) is 5.75 Å². The van der Waals surface area contributed by atoms with Crippen molar-refractivity contribution in [1.82, 2.24) is 0 Å². The normalized spacial score (nSPS) is 11.1. The van der Waals surface area contributed by atoms with Crippen LogP contribution in [0.2, 0.25) is 0 Å². The van der Waals surface area contributed by atoms with Crippen molar-refractivity contribution in [2.75, 3.05) is 0 Å². The van der Waals surface area contributed by atoms with E-state index in [1.165, 1.54) is 50.7 Å². The molecule has 1 aromatic rings. The largest absolute Gasteiger partial charge is 0.508 e. The summed E-state index contributed by atoms with van der Waals surface area (Å²) in [4.78, 5) is 22.8. The molecule has 0 radical (unpaired) electrons. The summed E-state index contributed by atoms with van der Waals surface area (Å²) in [6.07, 6.45) is 13.0. The first-order chi connectivity index (χ1) is 10.6. The summed E-state index contributed by atoms with van der Waals surface area (Å²) in [5, 5.41) is 9.27. The van der Waals surface area contributed by atoms with Crippen LogP contribution in [0, 0.1) is 0 Å². The van der Waals surface area contributed by atoms with Crippen molar-refractivity contribution in [1.29, 1.82) is 0 Å². The molecule has 22 heavy (non-hydrogen) atoms. The molecule has 0 aliphatic carbocycles. The molecule has 0 saturated carbocycles. The Morgan fingerprint density at radius 3 is 2.50 bits per heavy atom. The maximum absolute atomic E-state index is 11.7. The number of ketones is 1. The topological polar surface area (TPSA) is 67.5 Å². The lowest BCUT2D eigenvalue weighted by Crippen LogP contribution is -2.03. The lowest BCUT2D eigenvalue weighted by molar-refractivity contribution is -0.114. The van der Waals surface area contributed by atoms with Crippen LogP contribution in [0.4, 0.5) is 0 Å². The summed E-state index contributed by atoms with van der Waals surface area (Å²) < 4.78 is 4.85. The first-order valence-corrected chi connectivity index (χ1v) is 8.14. The van der Waals surface area contributed by atoms with Crippen LogP contribution in [-0.4, -0.2) is 10.9 Å². The molecule has 1 heterocycles. The molecule has 0 amide bonds. The molecule has 0 aliphatic heterocycles. The van der Waals surface area contributed by atoms with E-state index < -0.39 is 5.63 Å². The first kappa shape index (κ1) is 18.2. The van der Waals surface area contributed by atoms with Gasteiger partial charge < -0.3 is 9.52 Å². The van der Waals surface area contributed by atoms with Crippen molar-refractivity contribution in [2.24, 2.45) is 0 Å². The summed E-state index contributed by atoms with van der Waals surface area (Å²) in [5.74, 6) is -0.113. The molecule has 122 valence electrons. The van der Waals surface area contributed by atoms with E-state index >= 15 is 0 Å². The van der Waals surface area contributed by atoms with Crippen molar-refractivity contribution >= 4 is 5.78 Å². The number of hydrogen-bond donors (Lipinski definition) is 1. The Hall–Kier alpha value is -1.84. The monoisotopic (exact) mass is 306 g/mol. The van der Waals surface area contributed by atoms with Crippen molar-refractivity contribution in [3.8, 4) is 5.75 Å². The molecule has 4 heteroatoms. The van der Waals surface area contributed by atoms with Crippen LogP contribution in [0.1, 0.15) is 64.1 Å². The second-order valence-corrected chi connectivity index (χ2v) is 5.56. The number of carbonyl (C=O) groups is 1. The number of aromatic hydroxyl groups is 1. The van der Waals surface area contributed by atoms with Gasteiger partial charge in [-0.1, -0.05) is 51.5 Å². The Morgan fingerprint density at radius 2 is 1.82 bits per heavy atom. The minimum atomic E-state index is -0.644. The van der Waals surface area contributed by atoms with Crippen LogP contribution in [-0.2, 0) is 11.2 Å². The highest BCUT2D eigenvalue weighted by atomic mass is 16.4. The average molecular weight is 306 g/mol. The van der Waals surface area contributed by atoms with E-state index in [1.54, 1.807) is 0 Å². The van der Waals surface area contributed by atoms with E-state index in [0.29, 0.717) is 0 Å². The summed E-state index contributed by atoms with van der Waals surface area (Å²) in [5.41, 5.74) is -0.644. The fourth-order valence-electron chi connectivity index (χ4n) is 2.27. The Morgan fingerprint density at radius 1 is 1.14 bits per heavy atom. The highest BCUT2D eigenvalue weighted by molar-refractivity contribution is 5.90. The quantitative estimate of drug-likeness (QED) is 0.492. The van der Waals surface area contributed by atoms with E-state index in [-0.39, 0.29) is 23.7 Å². The molecule has 0 fully saturated rings. The minimum absolute atomic E-state index is 0.00282. The predicted octanol–water partition coefficient (Wildman–Crippen LogP) is 4.15. The Bertz CT molecular complexity index is 528. The SMILES string of the molecule is CCCCCCCCC/C=C/C(=O)Cc1cc(O)cc(=O)o1. The number of allylic oxidation sites excluding steroid dienone is 2. The molecule has 1 N–H and O–H groups in total. The van der Waals surface area contributed by atoms with Crippen molar-refractivity contribution in [3.05, 3.63) is 40.5 Å². The van der Waals surface area contributed by atoms with E-state index in [9.17, 15) is 14.7 Å². The third-order valence-electron chi connectivity index (χ3n) is 3.43. The Labute approximate surface area is 131 Å². The summed E-state index contributed by atoms with van der Waals surface area (Å²) >= 11 is 0. The highest BCUT2D eigenvalue weighted by Gasteiger charge is 2.05. The van der Waals surface area contributed by atoms with Gasteiger partial charge in [-0.2, -0.15) is 0 Å². The summed E-state index contributed by atoms with van der Waals surface area (Å²) in [7, 11) is 0. The zero-order valence-electron chi connectivity index (χ0n) is 13.3. The van der Waals surface area contributed by atoms with Crippen molar-refractivity contribution in [2.45, 2.75) is 64.7 Å². The fourth-order valence-corrected chi connectivity index (χ4v) is 2.27. The average Bonchev–Trinajstić information content (AvgIpc) is 2.44. The zero-order valence-corrected chi connectivity index (χ0v) is 13.3. The second kappa shape index (κ2) is 10.8. The van der Waals surface area contributed by atoms with Crippen LogP contribution in [0.25, 0.3) is 0 Å². The first-order valence-electron chi connectivity index (χ1n) is 8.14. The van der Waals surface area contributed by atoms with Gasteiger partial charge in [0.2, 0.25) is 0 Å². The maximum atomic E-state index is 11.7. The van der Waals surface area contributed by atoms with Crippen LogP contribution < -0.4 is 5.63 Å². The third-order valence-corrected chi connectivity index (χ3v) is 3.43. The predicted molar refractivity (Wildman–Crippen MR) is 87.1 cm³/mol. The number of unbranched alkanes of at least 4 members (excludes halogenated alkanes) is 7. The molecule has 1 aromatic heterocycles. The standard InChI is InChI=1S/C18H26O4/c1-2-3-4-5-6-7-8-9-10-11-15(19)12-17-13-16(20)14-18(21)22-17/h10-11,13-14,20H,2-9,12H2,1H3/b11-10+. The maximum Gasteiger partial charge on any atom is 0.339 e. The van der Waals surface area contributed by atoms with Crippen molar-refractivity contribution in [3.63, 3.8) is 0 Å². The molecule has 0 spiro atoms. The van der Waals surface area contributed by atoms with Crippen molar-refractivity contribution < 1.29 is 14.3 Å². The molecule has 0 atom stereocenters. The number of rotatable bonds is 11. The fraction of sp³-hybridized carbons (Fsp3) is 0.556. The smallest absolute Gasteiger partial charge is 0.339 e. The Kier molecular flexibility index (Phi) is 8.96. The van der Waals surface area contributed by atoms with Gasteiger partial charge in [0.25, 0.3) is 0 Å². The van der Waals surface area contributed by atoms with E-state index in [4.69, 9.17) is 4.42 Å². The van der Waals surface area contributed by atoms with Gasteiger partial charge in [-0.3, -0.25) is 4.79 Å². The van der Waals surface area contributed by atoms with E-state index in [2.05, 4.69) is 6.92 Å². The lowest BCUT2D eigenvalue weighted by atomic mass is 10.1. The molecule has 0 aromatic carbocycles. The Balaban J connectivity index is 2.18. The van der Waals surface area contributed by atoms with Gasteiger partial charge in [0.15, 0.2) is 5.78 Å². The number of hydrogen-bond acceptors (Lipinski definition) is 4. The molecule has 0 unspecified atom stereocenters. The van der Waals surface area contributed by atoms with Crippen LogP contribution >= 0.6 is 0 Å². The minimum Gasteiger partial charge on any atom is -0.508 e. The zero-order chi connectivity index (χ0) is 16.2. The van der Waals surface area contributed by atoms with Gasteiger partial charge in [0.05, 0.1) is 12.5 Å².